The van der Waals surface area contributed by atoms with Crippen molar-refractivity contribution in [3.05, 3.63) is 24.0 Å². The van der Waals surface area contributed by atoms with Gasteiger partial charge in [-0.3, -0.25) is 4.79 Å². The lowest BCUT2D eigenvalue weighted by Gasteiger charge is -2.36. The number of benzene rings is 1. The van der Waals surface area contributed by atoms with Crippen LogP contribution in [0.3, 0.4) is 0 Å². The molecule has 2 aliphatic rings. The number of rotatable bonds is 4. The highest BCUT2D eigenvalue weighted by atomic mass is 19.1. The Hall–Kier alpha value is -1.62. The van der Waals surface area contributed by atoms with Crippen molar-refractivity contribution in [2.45, 2.75) is 32.2 Å². The topological polar surface area (TPSA) is 35.6 Å². The lowest BCUT2D eigenvalue weighted by Crippen LogP contribution is -2.42. The molecule has 1 aromatic carbocycles. The predicted molar refractivity (Wildman–Crippen MR) is 91.2 cm³/mol. The van der Waals surface area contributed by atoms with Crippen LogP contribution in [0, 0.1) is 17.7 Å². The first-order valence-corrected chi connectivity index (χ1v) is 8.47. The molecule has 1 N–H and O–H groups in total. The number of carbonyl (C=O) groups is 1. The molecule has 0 bridgehead atoms. The molecular formula is C18H26FN3O. The van der Waals surface area contributed by atoms with E-state index in [4.69, 9.17) is 0 Å². The van der Waals surface area contributed by atoms with Crippen molar-refractivity contribution in [3.63, 3.8) is 0 Å². The van der Waals surface area contributed by atoms with Crippen LogP contribution in [0.2, 0.25) is 0 Å². The Kier molecular flexibility index (Phi) is 4.57. The summed E-state index contributed by atoms with van der Waals surface area (Å²) in [5.41, 5.74) is 1.19. The highest BCUT2D eigenvalue weighted by Gasteiger charge is 2.39. The Labute approximate surface area is 137 Å². The Bertz CT molecular complexity index is 582. The lowest BCUT2D eigenvalue weighted by molar-refractivity contribution is -0.117. The van der Waals surface area contributed by atoms with E-state index in [1.165, 1.54) is 6.07 Å². The molecule has 3 rings (SSSR count). The third-order valence-electron chi connectivity index (χ3n) is 5.20. The van der Waals surface area contributed by atoms with Crippen LogP contribution < -0.4 is 10.2 Å². The van der Waals surface area contributed by atoms with E-state index in [0.29, 0.717) is 23.3 Å². The van der Waals surface area contributed by atoms with Gasteiger partial charge in [-0.1, -0.05) is 6.92 Å². The second kappa shape index (κ2) is 6.48. The lowest BCUT2D eigenvalue weighted by atomic mass is 10.0. The minimum atomic E-state index is -0.255. The fourth-order valence-corrected chi connectivity index (χ4v) is 3.39. The molecular weight excluding hydrogens is 293 g/mol. The van der Waals surface area contributed by atoms with Crippen molar-refractivity contribution < 1.29 is 9.18 Å². The van der Waals surface area contributed by atoms with Crippen molar-refractivity contribution >= 4 is 17.3 Å². The van der Waals surface area contributed by atoms with Crippen molar-refractivity contribution in [2.75, 3.05) is 37.4 Å². The number of amides is 1. The van der Waals surface area contributed by atoms with E-state index in [0.717, 1.165) is 32.4 Å². The Morgan fingerprint density at radius 2 is 1.96 bits per heavy atom. The van der Waals surface area contributed by atoms with Crippen molar-refractivity contribution in [3.8, 4) is 0 Å². The molecule has 2 unspecified atom stereocenters. The number of carbonyl (C=O) groups excluding carboxylic acids is 1. The van der Waals surface area contributed by atoms with E-state index in [1.54, 1.807) is 12.1 Å². The zero-order valence-electron chi connectivity index (χ0n) is 14.2. The molecule has 2 atom stereocenters. The van der Waals surface area contributed by atoms with E-state index < -0.39 is 0 Å². The normalized spacial score (nSPS) is 24.8. The molecule has 0 aromatic heterocycles. The molecule has 1 saturated heterocycles. The van der Waals surface area contributed by atoms with Gasteiger partial charge in [0.2, 0.25) is 5.91 Å². The summed E-state index contributed by atoms with van der Waals surface area (Å²) in [6.07, 6.45) is 3.03. The molecule has 0 radical (unpaired) electrons. The predicted octanol–water partition coefficient (Wildman–Crippen LogP) is 2.95. The van der Waals surface area contributed by atoms with Crippen LogP contribution in [-0.4, -0.2) is 44.0 Å². The highest BCUT2D eigenvalue weighted by Crippen LogP contribution is 2.38. The molecule has 1 aliphatic carbocycles. The third-order valence-corrected chi connectivity index (χ3v) is 5.20. The average Bonchev–Trinajstić information content (AvgIpc) is 3.25. The summed E-state index contributed by atoms with van der Waals surface area (Å²) < 4.78 is 14.4. The Balaban J connectivity index is 1.62. The number of nitrogens with zero attached hydrogens (tertiary/aromatic N) is 2. The molecule has 5 heteroatoms. The molecule has 4 nitrogen and oxygen atoms in total. The van der Waals surface area contributed by atoms with Gasteiger partial charge in [0.05, 0.1) is 5.69 Å². The largest absolute Gasteiger partial charge is 0.369 e. The van der Waals surface area contributed by atoms with Crippen LogP contribution in [0.15, 0.2) is 18.2 Å². The van der Waals surface area contributed by atoms with E-state index >= 15 is 0 Å². The summed E-state index contributed by atoms with van der Waals surface area (Å²) in [7, 11) is 4.19. The van der Waals surface area contributed by atoms with Gasteiger partial charge in [0.1, 0.15) is 5.82 Å². The standard InChI is InChI=1S/C18H26FN3O/c1-12-10-15(12)18(23)20-13-4-5-17(16(19)11-13)22-8-6-14(7-9-22)21(2)3/h4-5,11-12,14-15H,6-10H2,1-3H3,(H,20,23). The van der Waals surface area contributed by atoms with E-state index in [-0.39, 0.29) is 17.6 Å². The minimum Gasteiger partial charge on any atom is -0.369 e. The fraction of sp³-hybridized carbons (Fsp3) is 0.611. The van der Waals surface area contributed by atoms with Crippen LogP contribution in [0.5, 0.6) is 0 Å². The third kappa shape index (κ3) is 3.66. The molecule has 1 aromatic rings. The summed E-state index contributed by atoms with van der Waals surface area (Å²) in [6, 6.07) is 5.62. The summed E-state index contributed by atoms with van der Waals surface area (Å²) in [5.74, 6) is 0.311. The summed E-state index contributed by atoms with van der Waals surface area (Å²) >= 11 is 0. The SMILES string of the molecule is CC1CC1C(=O)Nc1ccc(N2CCC(N(C)C)CC2)c(F)c1. The van der Waals surface area contributed by atoms with Gasteiger partial charge in [0.25, 0.3) is 0 Å². The zero-order chi connectivity index (χ0) is 16.6. The smallest absolute Gasteiger partial charge is 0.227 e. The molecule has 126 valence electrons. The summed E-state index contributed by atoms with van der Waals surface area (Å²) in [6.45, 7) is 3.79. The van der Waals surface area contributed by atoms with Gasteiger partial charge >= 0.3 is 0 Å². The molecule has 0 spiro atoms. The van der Waals surface area contributed by atoms with Crippen LogP contribution in [-0.2, 0) is 4.79 Å². The molecule has 1 aliphatic heterocycles. The minimum absolute atomic E-state index is 0.0106. The second-order valence-electron chi connectivity index (χ2n) is 7.16. The van der Waals surface area contributed by atoms with Gasteiger partial charge in [0, 0.05) is 30.7 Å². The first-order valence-electron chi connectivity index (χ1n) is 8.47. The van der Waals surface area contributed by atoms with Crippen molar-refractivity contribution in [1.82, 2.24) is 4.90 Å². The monoisotopic (exact) mass is 319 g/mol. The maximum Gasteiger partial charge on any atom is 0.227 e. The number of hydrogen-bond acceptors (Lipinski definition) is 3. The van der Waals surface area contributed by atoms with Crippen LogP contribution >= 0.6 is 0 Å². The Morgan fingerprint density at radius 1 is 1.30 bits per heavy atom. The maximum absolute atomic E-state index is 14.4. The Morgan fingerprint density at radius 3 is 2.48 bits per heavy atom. The number of hydrogen-bond donors (Lipinski definition) is 1. The molecule has 1 heterocycles. The van der Waals surface area contributed by atoms with Crippen LogP contribution in [0.4, 0.5) is 15.8 Å². The van der Waals surface area contributed by atoms with E-state index in [1.807, 2.05) is 0 Å². The number of nitrogens with one attached hydrogen (secondary N) is 1. The average molecular weight is 319 g/mol. The molecule has 1 saturated carbocycles. The molecule has 2 fully saturated rings. The van der Waals surface area contributed by atoms with Gasteiger partial charge < -0.3 is 15.1 Å². The van der Waals surface area contributed by atoms with Crippen molar-refractivity contribution in [2.24, 2.45) is 11.8 Å². The van der Waals surface area contributed by atoms with Crippen LogP contribution in [0.1, 0.15) is 26.2 Å². The van der Waals surface area contributed by atoms with Crippen molar-refractivity contribution in [1.29, 1.82) is 0 Å². The van der Waals surface area contributed by atoms with Gasteiger partial charge in [-0.15, -0.1) is 0 Å². The molecule has 23 heavy (non-hydrogen) atoms. The number of anilines is 2. The number of halogens is 1. The van der Waals surface area contributed by atoms with Gasteiger partial charge in [0.15, 0.2) is 0 Å². The quantitative estimate of drug-likeness (QED) is 0.927. The van der Waals surface area contributed by atoms with Gasteiger partial charge in [-0.2, -0.15) is 0 Å². The second-order valence-corrected chi connectivity index (χ2v) is 7.16. The highest BCUT2D eigenvalue weighted by molar-refractivity contribution is 5.94. The maximum atomic E-state index is 14.4. The summed E-state index contributed by atoms with van der Waals surface area (Å²) in [4.78, 5) is 16.3. The fourth-order valence-electron chi connectivity index (χ4n) is 3.39. The van der Waals surface area contributed by atoms with Gasteiger partial charge in [-0.05, 0) is 57.5 Å². The first-order chi connectivity index (χ1) is 11.0. The van der Waals surface area contributed by atoms with E-state index in [2.05, 4.69) is 36.1 Å². The summed E-state index contributed by atoms with van der Waals surface area (Å²) in [5, 5.41) is 2.82. The molecule has 1 amide bonds. The van der Waals surface area contributed by atoms with Crippen LogP contribution in [0.25, 0.3) is 0 Å². The van der Waals surface area contributed by atoms with E-state index in [9.17, 15) is 9.18 Å². The first kappa shape index (κ1) is 16.2. The number of piperidine rings is 1. The van der Waals surface area contributed by atoms with Gasteiger partial charge in [-0.25, -0.2) is 4.39 Å². The zero-order valence-corrected chi connectivity index (χ0v) is 14.2.